The van der Waals surface area contributed by atoms with Gasteiger partial charge < -0.3 is 25.0 Å². The van der Waals surface area contributed by atoms with Crippen LogP contribution in [0.2, 0.25) is 0 Å². The van der Waals surface area contributed by atoms with Crippen LogP contribution in [0.15, 0.2) is 17.7 Å². The summed E-state index contributed by atoms with van der Waals surface area (Å²) >= 11 is 0. The van der Waals surface area contributed by atoms with E-state index in [2.05, 4.69) is 4.74 Å². The quantitative estimate of drug-likeness (QED) is 0.129. The average molecular weight is 351 g/mol. The first-order valence-electron chi connectivity index (χ1n) is 6.50. The Kier molecular flexibility index (Phi) is 5.88. The molecule has 0 fully saturated rings. The first-order chi connectivity index (χ1) is 11.6. The molecular weight excluding hydrogens is 338 g/mol. The Morgan fingerprint density at radius 2 is 2.00 bits per heavy atom. The van der Waals surface area contributed by atoms with Crippen LogP contribution in [0.4, 0.5) is 5.69 Å². The minimum atomic E-state index is -1.05. The van der Waals surface area contributed by atoms with Gasteiger partial charge in [-0.1, -0.05) is 0 Å². The lowest BCUT2D eigenvalue weighted by atomic mass is 10.1. The molecular formula is C14H13N3O8. The molecule has 0 saturated heterocycles. The summed E-state index contributed by atoms with van der Waals surface area (Å²) in [4.78, 5) is 33.9. The van der Waals surface area contributed by atoms with Gasteiger partial charge in [0.25, 0.3) is 5.91 Å². The number of benzene rings is 1. The molecule has 3 N–H and O–H groups in total. The third-order valence-electron chi connectivity index (χ3n) is 3.04. The first-order valence-corrected chi connectivity index (χ1v) is 6.50. The number of rotatable bonds is 5. The Bertz CT molecular complexity index is 809. The molecule has 11 heteroatoms. The van der Waals surface area contributed by atoms with Gasteiger partial charge in [0.15, 0.2) is 11.3 Å². The second-order valence-electron chi connectivity index (χ2n) is 4.69. The lowest BCUT2D eigenvalue weighted by Gasteiger charge is -2.15. The average Bonchev–Trinajstić information content (AvgIpc) is 2.56. The van der Waals surface area contributed by atoms with E-state index in [0.717, 1.165) is 18.1 Å². The summed E-state index contributed by atoms with van der Waals surface area (Å²) in [6.45, 7) is -0.505. The van der Waals surface area contributed by atoms with E-state index < -0.39 is 57.4 Å². The second kappa shape index (κ2) is 7.64. The van der Waals surface area contributed by atoms with Crippen LogP contribution in [0, 0.1) is 21.4 Å². The molecule has 0 aliphatic carbocycles. The normalized spacial score (nSPS) is 11.1. The number of phenolic OH excluding ortho intramolecular Hbond substituents is 2. The van der Waals surface area contributed by atoms with Crippen molar-refractivity contribution < 1.29 is 34.6 Å². The summed E-state index contributed by atoms with van der Waals surface area (Å²) in [6, 6.07) is 2.84. The number of carbonyl (C=O) groups excluding carboxylic acids is 2. The van der Waals surface area contributed by atoms with Gasteiger partial charge >= 0.3 is 11.7 Å². The van der Waals surface area contributed by atoms with E-state index in [1.165, 1.54) is 13.1 Å². The minimum absolute atomic E-state index is 0.446. The highest BCUT2D eigenvalue weighted by Gasteiger charge is 2.25. The Morgan fingerprint density at radius 1 is 1.40 bits per heavy atom. The number of hydrogen-bond acceptors (Lipinski definition) is 9. The maximum absolute atomic E-state index is 12.1. The van der Waals surface area contributed by atoms with Gasteiger partial charge in [-0.15, -0.1) is 0 Å². The summed E-state index contributed by atoms with van der Waals surface area (Å²) in [5.41, 5.74) is -2.21. The number of hydrogen-bond donors (Lipinski definition) is 3. The van der Waals surface area contributed by atoms with Crippen molar-refractivity contribution in [2.45, 2.75) is 0 Å². The van der Waals surface area contributed by atoms with E-state index in [1.807, 2.05) is 0 Å². The fourth-order valence-corrected chi connectivity index (χ4v) is 1.75. The lowest BCUT2D eigenvalue weighted by molar-refractivity contribution is -0.386. The highest BCUT2D eigenvalue weighted by atomic mass is 16.6. The zero-order valence-electron chi connectivity index (χ0n) is 13.1. The number of esters is 1. The molecule has 0 aliphatic heterocycles. The van der Waals surface area contributed by atoms with Crippen LogP contribution in [-0.4, -0.2) is 57.7 Å². The lowest BCUT2D eigenvalue weighted by Crippen LogP contribution is -2.33. The van der Waals surface area contributed by atoms with Gasteiger partial charge in [0.05, 0.1) is 12.0 Å². The highest BCUT2D eigenvalue weighted by Crippen LogP contribution is 2.38. The smallest absolute Gasteiger partial charge is 0.325 e. The van der Waals surface area contributed by atoms with Crippen LogP contribution in [0.5, 0.6) is 11.5 Å². The van der Waals surface area contributed by atoms with Crippen molar-refractivity contribution in [2.24, 2.45) is 0 Å². The van der Waals surface area contributed by atoms with Crippen molar-refractivity contribution in [2.75, 3.05) is 20.7 Å². The highest BCUT2D eigenvalue weighted by molar-refractivity contribution is 6.04. The van der Waals surface area contributed by atoms with Gasteiger partial charge in [-0.2, -0.15) is 5.26 Å². The number of likely N-dealkylation sites (N-methyl/N-ethyl adjacent to an activating group) is 1. The van der Waals surface area contributed by atoms with Gasteiger partial charge in [-0.3, -0.25) is 19.7 Å². The number of carbonyl (C=O) groups is 2. The zero-order chi connectivity index (χ0) is 19.3. The third kappa shape index (κ3) is 4.14. The van der Waals surface area contributed by atoms with Crippen molar-refractivity contribution in [1.29, 1.82) is 5.26 Å². The summed E-state index contributed by atoms with van der Waals surface area (Å²) in [5, 5.41) is 48.9. The molecule has 0 aliphatic rings. The van der Waals surface area contributed by atoms with E-state index in [9.17, 15) is 35.0 Å². The SMILES string of the molecule is COC(=O)CN(C)C(=O)/C(C#N)=C(\O)c1cc(O)c(O)c([N+](=O)[O-])c1. The fourth-order valence-electron chi connectivity index (χ4n) is 1.75. The minimum Gasteiger partial charge on any atom is -0.506 e. The van der Waals surface area contributed by atoms with E-state index >= 15 is 0 Å². The van der Waals surface area contributed by atoms with Crippen LogP contribution in [0.1, 0.15) is 5.56 Å². The molecule has 0 bridgehead atoms. The molecule has 1 aromatic rings. The van der Waals surface area contributed by atoms with Crippen molar-refractivity contribution in [1.82, 2.24) is 4.90 Å². The Hall–Kier alpha value is -3.81. The van der Waals surface area contributed by atoms with Crippen LogP contribution < -0.4 is 0 Å². The molecule has 0 unspecified atom stereocenters. The topological polar surface area (TPSA) is 174 Å². The number of methoxy groups -OCH3 is 1. The molecule has 11 nitrogen and oxygen atoms in total. The number of aliphatic hydroxyl groups is 1. The van der Waals surface area contributed by atoms with E-state index in [4.69, 9.17) is 5.26 Å². The predicted octanol–water partition coefficient (Wildman–Crippen LogP) is 0.430. The number of nitro benzene ring substituents is 1. The molecule has 1 amide bonds. The molecule has 0 heterocycles. The first kappa shape index (κ1) is 19.2. The summed E-state index contributed by atoms with van der Waals surface area (Å²) in [6.07, 6.45) is 0. The van der Waals surface area contributed by atoms with Crippen LogP contribution in [-0.2, 0) is 14.3 Å². The van der Waals surface area contributed by atoms with Crippen LogP contribution in [0.3, 0.4) is 0 Å². The number of ether oxygens (including phenoxy) is 1. The maximum Gasteiger partial charge on any atom is 0.325 e. The van der Waals surface area contributed by atoms with Crippen molar-refractivity contribution >= 4 is 23.3 Å². The Labute approximate surface area is 140 Å². The van der Waals surface area contributed by atoms with E-state index in [0.29, 0.717) is 6.07 Å². The zero-order valence-corrected chi connectivity index (χ0v) is 13.1. The molecule has 0 atom stereocenters. The molecule has 1 aromatic carbocycles. The van der Waals surface area contributed by atoms with Crippen LogP contribution in [0.25, 0.3) is 5.76 Å². The standard InChI is InChI=1S/C14H13N3O8/c1-16(6-11(19)25-2)14(22)8(5-15)12(20)7-3-9(17(23)24)13(21)10(18)4-7/h3-4,18,20-21H,6H2,1-2H3/b12-8-. The van der Waals surface area contributed by atoms with E-state index in [-0.39, 0.29) is 0 Å². The van der Waals surface area contributed by atoms with Crippen molar-refractivity contribution in [3.8, 4) is 17.6 Å². The molecule has 25 heavy (non-hydrogen) atoms. The van der Waals surface area contributed by atoms with Gasteiger partial charge in [0.2, 0.25) is 5.75 Å². The molecule has 132 valence electrons. The largest absolute Gasteiger partial charge is 0.506 e. The Morgan fingerprint density at radius 3 is 2.48 bits per heavy atom. The fraction of sp³-hybridized carbons (Fsp3) is 0.214. The molecule has 1 rings (SSSR count). The van der Waals surface area contributed by atoms with Gasteiger partial charge in [0.1, 0.15) is 18.4 Å². The number of nitrogens with zero attached hydrogens (tertiary/aromatic N) is 3. The van der Waals surface area contributed by atoms with Crippen molar-refractivity contribution in [3.05, 3.63) is 33.4 Å². The van der Waals surface area contributed by atoms with E-state index in [1.54, 1.807) is 0 Å². The summed E-state index contributed by atoms with van der Waals surface area (Å²) < 4.78 is 4.37. The second-order valence-corrected chi connectivity index (χ2v) is 4.69. The van der Waals surface area contributed by atoms with Gasteiger partial charge in [0, 0.05) is 18.7 Å². The molecule has 0 spiro atoms. The van der Waals surface area contributed by atoms with Crippen molar-refractivity contribution in [3.63, 3.8) is 0 Å². The molecule has 0 saturated carbocycles. The number of aliphatic hydroxyl groups excluding tert-OH is 1. The monoisotopic (exact) mass is 351 g/mol. The summed E-state index contributed by atoms with van der Waals surface area (Å²) in [5.74, 6) is -4.76. The molecule has 0 radical (unpaired) electrons. The third-order valence-corrected chi connectivity index (χ3v) is 3.04. The number of nitro groups is 1. The maximum atomic E-state index is 12.1. The number of nitriles is 1. The van der Waals surface area contributed by atoms with Gasteiger partial charge in [-0.25, -0.2) is 0 Å². The number of phenols is 2. The number of aromatic hydroxyl groups is 2. The van der Waals surface area contributed by atoms with Crippen LogP contribution >= 0.6 is 0 Å². The molecule has 0 aromatic heterocycles. The van der Waals surface area contributed by atoms with Gasteiger partial charge in [-0.05, 0) is 6.07 Å². The Balaban J connectivity index is 3.39. The summed E-state index contributed by atoms with van der Waals surface area (Å²) in [7, 11) is 2.26. The number of amides is 1. The predicted molar refractivity (Wildman–Crippen MR) is 81.2 cm³/mol.